The summed E-state index contributed by atoms with van der Waals surface area (Å²) in [5, 5.41) is 47.3. The number of nitrogens with one attached hydrogen (secondary N) is 1. The van der Waals surface area contributed by atoms with Gasteiger partial charge in [0.05, 0.1) is 142 Å². The maximum atomic E-state index is 14.8. The lowest BCUT2D eigenvalue weighted by Gasteiger charge is -2.43. The van der Waals surface area contributed by atoms with E-state index in [0.29, 0.717) is 197 Å². The number of carbonyl (C=O) groups is 6. The number of aromatic nitrogens is 5. The molecule has 3 amide bonds. The molecule has 1 unspecified atom stereocenters. The van der Waals surface area contributed by atoms with Gasteiger partial charge in [0.25, 0.3) is 17.7 Å². The zero-order valence-electron chi connectivity index (χ0n) is 75.1. The summed E-state index contributed by atoms with van der Waals surface area (Å²) in [6.45, 7) is 17.9. The number of nitrogens with zero attached hydrogens (tertiary/aromatic N) is 10. The summed E-state index contributed by atoms with van der Waals surface area (Å²) in [6, 6.07) is 8.72. The second kappa shape index (κ2) is 51.4. The summed E-state index contributed by atoms with van der Waals surface area (Å²) in [7, 11) is 3.07. The van der Waals surface area contributed by atoms with Gasteiger partial charge >= 0.3 is 12.1 Å². The molecule has 16 atom stereocenters. The lowest BCUT2D eigenvalue weighted by atomic mass is 9.80. The van der Waals surface area contributed by atoms with Crippen molar-refractivity contribution in [2.24, 2.45) is 40.4 Å². The number of hydrogen-bond donors (Lipinski definition) is 7. The number of piperidine rings is 1. The minimum absolute atomic E-state index is 0.000102. The number of rotatable bonds is 37. The van der Waals surface area contributed by atoms with E-state index in [1.165, 1.54) is 19.0 Å². The second-order valence-electron chi connectivity index (χ2n) is 33.8. The maximum Gasteiger partial charge on any atom is 0.407 e. The molecule has 0 spiro atoms. The van der Waals surface area contributed by atoms with Crippen molar-refractivity contribution >= 4 is 69.4 Å². The van der Waals surface area contributed by atoms with Crippen LogP contribution in [0.25, 0.3) is 43.8 Å². The van der Waals surface area contributed by atoms with Crippen molar-refractivity contribution in [3.63, 3.8) is 0 Å². The molecule has 2 bridgehead atoms. The van der Waals surface area contributed by atoms with Crippen LogP contribution in [0.1, 0.15) is 142 Å². The Morgan fingerprint density at radius 3 is 2.09 bits per heavy atom. The van der Waals surface area contributed by atoms with Crippen LogP contribution in [0.3, 0.4) is 0 Å². The number of nitrogens with two attached hydrogens (primary N) is 3. The Labute approximate surface area is 747 Å². The van der Waals surface area contributed by atoms with Gasteiger partial charge < -0.3 is 114 Å². The zero-order valence-corrected chi connectivity index (χ0v) is 75.1. The number of aliphatic hydroxyl groups excluding tert-OH is 2. The molecule has 704 valence electrons. The third kappa shape index (κ3) is 29.4. The van der Waals surface area contributed by atoms with E-state index in [9.17, 15) is 49.6 Å². The fourth-order valence-electron chi connectivity index (χ4n) is 17.0. The van der Waals surface area contributed by atoms with Crippen LogP contribution in [0.4, 0.5) is 16.6 Å². The third-order valence-electron chi connectivity index (χ3n) is 24.4. The van der Waals surface area contributed by atoms with Crippen molar-refractivity contribution in [2.45, 2.75) is 211 Å². The summed E-state index contributed by atoms with van der Waals surface area (Å²) in [5.41, 5.74) is 36.9. The Morgan fingerprint density at radius 2 is 1.41 bits per heavy atom. The van der Waals surface area contributed by atoms with Crippen LogP contribution in [0, 0.1) is 29.6 Å². The molecule has 1 aliphatic carbocycles. The van der Waals surface area contributed by atoms with Crippen LogP contribution in [-0.2, 0) is 105 Å². The number of carbonyl (C=O) groups excluding carboxylic acids is 6. The molecule has 2 saturated heterocycles. The van der Waals surface area contributed by atoms with Crippen LogP contribution in [0.2, 0.25) is 0 Å². The van der Waals surface area contributed by atoms with Crippen molar-refractivity contribution in [2.75, 3.05) is 151 Å². The van der Waals surface area contributed by atoms with Gasteiger partial charge in [0.15, 0.2) is 17.0 Å². The number of alkyl carbamates (subject to hydrolysis) is 1. The second-order valence-corrected chi connectivity index (χ2v) is 33.8. The number of ketones is 2. The Kier molecular flexibility index (Phi) is 40.5. The van der Waals surface area contributed by atoms with E-state index in [-0.39, 0.29) is 87.7 Å². The first kappa shape index (κ1) is 101. The van der Waals surface area contributed by atoms with E-state index in [0.717, 1.165) is 33.6 Å². The number of hydrogen-bond acceptors (Lipinski definition) is 31. The minimum atomic E-state index is -2.51. The standard InChI is InChI=1S/C91H132N14O23/c1-57-14-10-9-11-15-58(2)75(115-7)52-68-22-17-62(6)91(114,128-68)84(110)87(111)104-28-13-12-16-72(104)88(112)125-76(53-70(100-102-95)59(3)47-61(5)82(108)83(109)81(107)60(4)46-57)69(92)49-63-19-23-74(77(50-63)116-8)127-90(113)96-27-31-118-33-35-120-37-39-122-41-43-124-45-44-123-42-40-121-38-36-119-34-32-117-30-26-78(106)103-29-25-65-48-64(18-20-67(65)55-103)54-105-86-79(85(93)97-56-98-86)80(101-105)66-21-24-73-71(51-66)99-89(94)126-73/h9-11,14-15,18,20-21,24,47-48,51,56-57,59-60,62-63,68-70,72,74-77,82-83,108-109,114H,12-13,16-17,19,22-23,25-46,49-50,52-55,92H2,1-8H3,(H2,94,99)(H,96,113)(H2,93,97,98)/b11-9+,14-10+,58-15+,61-47+/t57-,59-,60-,62-,63+,68+,69-,70?,72+,74-,75+,76+,77-,82-,83+,91-/m1/s1. The summed E-state index contributed by atoms with van der Waals surface area (Å²) in [4.78, 5) is 103. The molecule has 4 aliphatic heterocycles. The normalized spacial score (nSPS) is 27.3. The van der Waals surface area contributed by atoms with E-state index in [2.05, 4.69) is 48.5 Å². The van der Waals surface area contributed by atoms with Crippen LogP contribution < -0.4 is 22.5 Å². The van der Waals surface area contributed by atoms with E-state index in [1.54, 1.807) is 46.9 Å². The fourth-order valence-corrected chi connectivity index (χ4v) is 17.0. The van der Waals surface area contributed by atoms with Gasteiger partial charge in [0, 0.05) is 81.2 Å². The molecule has 2 aromatic carbocycles. The van der Waals surface area contributed by atoms with E-state index in [4.69, 9.17) is 88.3 Å². The Bertz CT molecular complexity index is 4590. The highest BCUT2D eigenvalue weighted by Gasteiger charge is 2.53. The summed E-state index contributed by atoms with van der Waals surface area (Å²) in [5.74, 6) is -8.22. The smallest absolute Gasteiger partial charge is 0.407 e. The predicted molar refractivity (Wildman–Crippen MR) is 472 cm³/mol. The van der Waals surface area contributed by atoms with Gasteiger partial charge in [0.1, 0.15) is 53.8 Å². The summed E-state index contributed by atoms with van der Waals surface area (Å²) >= 11 is 0. The van der Waals surface area contributed by atoms with Crippen LogP contribution in [0.5, 0.6) is 0 Å². The molecule has 0 radical (unpaired) electrons. The number of Topliss-reactive ketones (excluding diaryl/α,β-unsaturated/α-hetero) is 2. The fraction of sp³-hybridized carbons (Fsp3) is 0.648. The van der Waals surface area contributed by atoms with Gasteiger partial charge in [0.2, 0.25) is 11.7 Å². The highest BCUT2D eigenvalue weighted by Crippen LogP contribution is 2.39. The molecule has 128 heavy (non-hydrogen) atoms. The first-order valence-electron chi connectivity index (χ1n) is 44.8. The molecule has 10 rings (SSSR count). The molecule has 5 aliphatic rings. The topological polar surface area (TPSA) is 498 Å². The highest BCUT2D eigenvalue weighted by atomic mass is 16.6. The van der Waals surface area contributed by atoms with Crippen LogP contribution >= 0.6 is 0 Å². The minimum Gasteiger partial charge on any atom is -0.459 e. The van der Waals surface area contributed by atoms with Crippen molar-refractivity contribution in [1.82, 2.24) is 39.8 Å². The molecule has 7 heterocycles. The molecule has 37 nitrogen and oxygen atoms in total. The number of anilines is 2. The van der Waals surface area contributed by atoms with Gasteiger partial charge in [-0.15, -0.1) is 0 Å². The largest absolute Gasteiger partial charge is 0.459 e. The molecule has 37 heteroatoms. The molecular formula is C91H132N14O23. The van der Waals surface area contributed by atoms with Crippen molar-refractivity contribution < 1.29 is 110 Å². The maximum absolute atomic E-state index is 14.8. The number of ether oxygens (including phenoxy) is 13. The first-order valence-corrected chi connectivity index (χ1v) is 44.8. The van der Waals surface area contributed by atoms with E-state index < -0.39 is 114 Å². The average Bonchev–Trinajstić information content (AvgIpc) is 1.59. The third-order valence-corrected chi connectivity index (χ3v) is 24.4. The molecule has 3 aromatic heterocycles. The summed E-state index contributed by atoms with van der Waals surface area (Å²) < 4.78 is 82.6. The number of methoxy groups -OCH3 is 2. The molecule has 10 N–H and O–H groups in total. The first-order chi connectivity index (χ1) is 61.8. The molecular weight excluding hydrogens is 1660 g/mol. The lowest BCUT2D eigenvalue weighted by molar-refractivity contribution is -0.265. The van der Waals surface area contributed by atoms with E-state index in [1.807, 2.05) is 65.9 Å². The number of azide groups is 1. The van der Waals surface area contributed by atoms with Crippen molar-refractivity contribution in [3.05, 3.63) is 117 Å². The van der Waals surface area contributed by atoms with Gasteiger partial charge in [-0.05, 0) is 160 Å². The number of cyclic esters (lactones) is 1. The molecule has 1 saturated carbocycles. The quantitative estimate of drug-likeness (QED) is 0.00373. The van der Waals surface area contributed by atoms with Gasteiger partial charge in [-0.2, -0.15) is 10.1 Å². The zero-order chi connectivity index (χ0) is 91.7. The van der Waals surface area contributed by atoms with Crippen LogP contribution in [-0.4, -0.2) is 291 Å². The van der Waals surface area contributed by atoms with Crippen LogP contribution in [0.15, 0.2) is 99.9 Å². The number of fused-ring (bicyclic) bond motifs is 6. The number of oxazole rings is 1. The van der Waals surface area contributed by atoms with Crippen molar-refractivity contribution in [3.8, 4) is 11.3 Å². The summed E-state index contributed by atoms with van der Waals surface area (Å²) in [6.07, 6.45) is 9.75. The number of benzene rings is 2. The number of esters is 1. The SMILES string of the molecule is CO[C@H]1C[C@@H]2CC[C@@H](C)[C@@](O)(O2)C(=O)C(=O)N2CCCC[C@H]2C(=O)O[C@H]([C@H](N)C[C@@H]2CC[C@@H](OC(=O)NCCOCCOCCOCCOCCOCCOCCOCCOCCC(=O)N3CCc4cc(Cn5nc(-c6ccc7oc(N)nc7c6)c6c(N)ncnc65)ccc4C3)[C@H](OC)C2)CC(N=[N+]=[N-])[C@H](C)/C=C(\C)[C@@H](O)[C@@H](O)C(=O)[C@H](C)C[C@H](C)/C=C/C=C/C=C/1C. The number of allylic oxidation sites excluding steroid dienone is 5. The monoisotopic (exact) mass is 1790 g/mol. The van der Waals surface area contributed by atoms with E-state index >= 15 is 0 Å². The van der Waals surface area contributed by atoms with Gasteiger partial charge in [-0.3, -0.25) is 19.2 Å². The molecule has 3 fully saturated rings. The Morgan fingerprint density at radius 1 is 0.734 bits per heavy atom. The number of amides is 3. The average molecular weight is 1790 g/mol. The Balaban J connectivity index is 0.558. The lowest BCUT2D eigenvalue weighted by Crippen LogP contribution is -2.61. The predicted octanol–water partition coefficient (Wildman–Crippen LogP) is 8.33. The van der Waals surface area contributed by atoms with Crippen molar-refractivity contribution in [1.29, 1.82) is 0 Å². The van der Waals surface area contributed by atoms with Gasteiger partial charge in [-0.25, -0.2) is 24.2 Å². The Hall–Kier alpha value is -9.25. The number of nitrogen functional groups attached to an aromatic ring is 2. The highest BCUT2D eigenvalue weighted by molar-refractivity contribution is 6.39. The molecule has 5 aromatic rings. The van der Waals surface area contributed by atoms with Gasteiger partial charge in [-0.1, -0.05) is 87.5 Å². The number of aliphatic hydroxyl groups is 3.